The van der Waals surface area contributed by atoms with E-state index in [1.54, 1.807) is 24.7 Å². The standard InChI is InChI=1S/C27H24FN3OSi/c1-18-27-26(24-10-7-14-32-24)29-17-31(27)23-12-11-19(13-15-33(2,3)4)16-21(23)25(30-18)20-8-5-6-9-22(20)28/h5-12,14,16-18H,1-4H3/t18-/m1/s1. The van der Waals surface area contributed by atoms with Crippen LogP contribution in [0.4, 0.5) is 4.39 Å². The Labute approximate surface area is 193 Å². The van der Waals surface area contributed by atoms with E-state index in [-0.39, 0.29) is 11.9 Å². The molecule has 1 atom stereocenters. The lowest BCUT2D eigenvalue weighted by molar-refractivity contribution is 0.578. The van der Waals surface area contributed by atoms with Gasteiger partial charge in [-0.2, -0.15) is 0 Å². The molecule has 0 saturated carbocycles. The van der Waals surface area contributed by atoms with Crippen molar-refractivity contribution in [3.63, 3.8) is 0 Å². The number of furan rings is 1. The van der Waals surface area contributed by atoms with Gasteiger partial charge in [0.1, 0.15) is 25.9 Å². The number of fused-ring (bicyclic) bond motifs is 3. The molecule has 0 N–H and O–H groups in total. The molecule has 6 heteroatoms. The van der Waals surface area contributed by atoms with Crippen LogP contribution in [0, 0.1) is 17.3 Å². The van der Waals surface area contributed by atoms with Crippen LogP contribution in [0.1, 0.15) is 35.3 Å². The fourth-order valence-electron chi connectivity index (χ4n) is 4.02. The third-order valence-corrected chi connectivity index (χ3v) is 6.37. The van der Waals surface area contributed by atoms with Gasteiger partial charge in [0.25, 0.3) is 0 Å². The molecule has 3 heterocycles. The number of rotatable bonds is 2. The summed E-state index contributed by atoms with van der Waals surface area (Å²) >= 11 is 0. The van der Waals surface area contributed by atoms with Crippen molar-refractivity contribution < 1.29 is 8.81 Å². The van der Waals surface area contributed by atoms with Crippen LogP contribution >= 0.6 is 0 Å². The van der Waals surface area contributed by atoms with Crippen LogP contribution in [0.25, 0.3) is 17.1 Å². The van der Waals surface area contributed by atoms with Crippen molar-refractivity contribution in [2.24, 2.45) is 4.99 Å². The fraction of sp³-hybridized carbons (Fsp3) is 0.185. The topological polar surface area (TPSA) is 43.3 Å². The Morgan fingerprint density at radius 3 is 2.58 bits per heavy atom. The molecule has 4 aromatic rings. The predicted octanol–water partition coefficient (Wildman–Crippen LogP) is 6.41. The molecule has 33 heavy (non-hydrogen) atoms. The van der Waals surface area contributed by atoms with Gasteiger partial charge in [-0.25, -0.2) is 9.37 Å². The van der Waals surface area contributed by atoms with Crippen LogP contribution in [-0.2, 0) is 0 Å². The number of imidazole rings is 1. The van der Waals surface area contributed by atoms with Gasteiger partial charge < -0.3 is 4.42 Å². The molecule has 2 aromatic heterocycles. The maximum atomic E-state index is 15.0. The van der Waals surface area contributed by atoms with Crippen LogP contribution in [0.3, 0.4) is 0 Å². The van der Waals surface area contributed by atoms with E-state index in [1.807, 2.05) is 47.9 Å². The van der Waals surface area contributed by atoms with Crippen LogP contribution in [-0.4, -0.2) is 23.3 Å². The number of halogens is 1. The Balaban J connectivity index is 1.78. The van der Waals surface area contributed by atoms with Gasteiger partial charge in [-0.15, -0.1) is 5.54 Å². The average molecular weight is 454 g/mol. The summed E-state index contributed by atoms with van der Waals surface area (Å²) in [7, 11) is -1.55. The molecule has 5 rings (SSSR count). The first-order chi connectivity index (χ1) is 15.8. The maximum Gasteiger partial charge on any atom is 0.154 e. The second kappa shape index (κ2) is 8.02. The number of hydrogen-bond donors (Lipinski definition) is 0. The Hall–Kier alpha value is -3.69. The average Bonchev–Trinajstić information content (AvgIpc) is 3.44. The van der Waals surface area contributed by atoms with E-state index in [0.29, 0.717) is 17.0 Å². The molecular weight excluding hydrogens is 429 g/mol. The molecule has 1 aliphatic rings. The largest absolute Gasteiger partial charge is 0.463 e. The zero-order chi connectivity index (χ0) is 23.2. The molecule has 0 spiro atoms. The van der Waals surface area contributed by atoms with Crippen molar-refractivity contribution in [1.29, 1.82) is 0 Å². The van der Waals surface area contributed by atoms with Crippen molar-refractivity contribution in [3.05, 3.63) is 95.4 Å². The number of aromatic nitrogens is 2. The SMILES string of the molecule is C[C@H]1N=C(c2ccccc2F)c2cc(C#C[Si](C)(C)C)ccc2-n2cnc(-c3ccco3)c21. The lowest BCUT2D eigenvalue weighted by atomic mass is 9.98. The summed E-state index contributed by atoms with van der Waals surface area (Å²) in [5.41, 5.74) is 8.75. The summed E-state index contributed by atoms with van der Waals surface area (Å²) in [5, 5.41) is 0. The van der Waals surface area contributed by atoms with Crippen molar-refractivity contribution in [2.45, 2.75) is 32.6 Å². The van der Waals surface area contributed by atoms with E-state index < -0.39 is 8.07 Å². The van der Waals surface area contributed by atoms with E-state index in [2.05, 4.69) is 36.1 Å². The quantitative estimate of drug-likeness (QED) is 0.260. The highest BCUT2D eigenvalue weighted by Gasteiger charge is 2.28. The molecule has 0 unspecified atom stereocenters. The summed E-state index contributed by atoms with van der Waals surface area (Å²) in [4.78, 5) is 9.66. The highest BCUT2D eigenvalue weighted by atomic mass is 28.3. The summed E-state index contributed by atoms with van der Waals surface area (Å²) in [6.07, 6.45) is 3.42. The van der Waals surface area contributed by atoms with E-state index in [4.69, 9.17) is 9.41 Å². The minimum Gasteiger partial charge on any atom is -0.463 e. The fourth-order valence-corrected chi connectivity index (χ4v) is 4.54. The zero-order valence-electron chi connectivity index (χ0n) is 19.1. The van der Waals surface area contributed by atoms with Crippen LogP contribution in [0.15, 0.2) is 76.6 Å². The second-order valence-corrected chi connectivity index (χ2v) is 13.9. The van der Waals surface area contributed by atoms with Gasteiger partial charge in [-0.3, -0.25) is 9.56 Å². The van der Waals surface area contributed by atoms with Gasteiger partial charge in [0.2, 0.25) is 0 Å². The van der Waals surface area contributed by atoms with Crippen molar-refractivity contribution >= 4 is 13.8 Å². The summed E-state index contributed by atoms with van der Waals surface area (Å²) in [6, 6.07) is 16.3. The van der Waals surface area contributed by atoms with E-state index in [1.165, 1.54) is 6.07 Å². The highest BCUT2D eigenvalue weighted by Crippen LogP contribution is 2.36. The van der Waals surface area contributed by atoms with E-state index >= 15 is 0 Å². The van der Waals surface area contributed by atoms with Crippen LogP contribution in [0.2, 0.25) is 19.6 Å². The lowest BCUT2D eigenvalue weighted by Crippen LogP contribution is -2.16. The third kappa shape index (κ3) is 3.96. The predicted molar refractivity (Wildman–Crippen MR) is 132 cm³/mol. The summed E-state index contributed by atoms with van der Waals surface area (Å²) in [6.45, 7) is 8.64. The first kappa shape index (κ1) is 21.2. The van der Waals surface area contributed by atoms with Crippen molar-refractivity contribution in [1.82, 2.24) is 9.55 Å². The van der Waals surface area contributed by atoms with Crippen molar-refractivity contribution in [3.8, 4) is 28.6 Å². The molecule has 0 saturated heterocycles. The molecule has 0 radical (unpaired) electrons. The Morgan fingerprint density at radius 1 is 1.03 bits per heavy atom. The van der Waals surface area contributed by atoms with Gasteiger partial charge in [0.05, 0.1) is 29.4 Å². The van der Waals surface area contributed by atoms with E-state index in [0.717, 1.165) is 28.2 Å². The monoisotopic (exact) mass is 453 g/mol. The van der Waals surface area contributed by atoms with Gasteiger partial charge in [0, 0.05) is 16.7 Å². The molecule has 4 nitrogen and oxygen atoms in total. The highest BCUT2D eigenvalue weighted by molar-refractivity contribution is 6.83. The Morgan fingerprint density at radius 2 is 1.85 bits per heavy atom. The molecule has 164 valence electrons. The first-order valence-corrected chi connectivity index (χ1v) is 14.4. The van der Waals surface area contributed by atoms with Gasteiger partial charge in [-0.1, -0.05) is 37.7 Å². The molecule has 1 aliphatic heterocycles. The second-order valence-electron chi connectivity index (χ2n) is 9.19. The lowest BCUT2D eigenvalue weighted by Gasteiger charge is -2.13. The molecule has 0 aliphatic carbocycles. The van der Waals surface area contributed by atoms with Crippen LogP contribution < -0.4 is 0 Å². The first-order valence-electron chi connectivity index (χ1n) is 10.9. The van der Waals surface area contributed by atoms with Gasteiger partial charge in [-0.05, 0) is 49.4 Å². The minimum absolute atomic E-state index is 0.272. The molecule has 0 fully saturated rings. The third-order valence-electron chi connectivity index (χ3n) is 5.50. The Bertz CT molecular complexity index is 1430. The smallest absolute Gasteiger partial charge is 0.154 e. The molecule has 0 amide bonds. The molecular formula is C27H24FN3OSi. The molecule has 2 aromatic carbocycles. The van der Waals surface area contributed by atoms with Crippen LogP contribution in [0.5, 0.6) is 0 Å². The number of aliphatic imine (C=N–C) groups is 1. The van der Waals surface area contributed by atoms with E-state index in [9.17, 15) is 4.39 Å². The number of nitrogens with zero attached hydrogens (tertiary/aromatic N) is 3. The summed E-state index contributed by atoms with van der Waals surface area (Å²) in [5.74, 6) is 3.71. The zero-order valence-corrected chi connectivity index (χ0v) is 20.1. The normalized spacial score (nSPS) is 15.1. The summed E-state index contributed by atoms with van der Waals surface area (Å²) < 4.78 is 22.6. The molecule has 0 bridgehead atoms. The number of hydrogen-bond acceptors (Lipinski definition) is 3. The van der Waals surface area contributed by atoms with Gasteiger partial charge in [0.15, 0.2) is 5.76 Å². The Kier molecular flexibility index (Phi) is 5.14. The minimum atomic E-state index is -1.55. The van der Waals surface area contributed by atoms with Gasteiger partial charge >= 0.3 is 0 Å². The number of benzene rings is 2. The maximum absolute atomic E-state index is 15.0. The van der Waals surface area contributed by atoms with Crippen molar-refractivity contribution in [2.75, 3.05) is 0 Å².